The van der Waals surface area contributed by atoms with Crippen LogP contribution in [0.1, 0.15) is 23.4 Å². The summed E-state index contributed by atoms with van der Waals surface area (Å²) in [6, 6.07) is 2.29. The number of hydrogen-bond donors (Lipinski definition) is 4. The third-order valence-corrected chi connectivity index (χ3v) is 2.55. The molecule has 0 aliphatic heterocycles. The van der Waals surface area contributed by atoms with E-state index in [0.717, 1.165) is 0 Å². The summed E-state index contributed by atoms with van der Waals surface area (Å²) in [6.07, 6.45) is 2.20. The van der Waals surface area contributed by atoms with E-state index in [2.05, 4.69) is 10.3 Å². The van der Waals surface area contributed by atoms with E-state index < -0.39 is 12.0 Å². The molecule has 0 amide bonds. The molecule has 6 N–H and O–H groups in total. The van der Waals surface area contributed by atoms with Crippen LogP contribution in [0.5, 0.6) is 0 Å². The average Bonchev–Trinajstić information content (AvgIpc) is 2.90. The molecule has 1 aromatic rings. The highest BCUT2D eigenvalue weighted by molar-refractivity contribution is 5.95. The Hall–Kier alpha value is -2.35. The van der Waals surface area contributed by atoms with Crippen molar-refractivity contribution in [2.45, 2.75) is 18.9 Å². The number of rotatable bonds is 9. The number of nitrogens with zero attached hydrogens (tertiary/aromatic N) is 1. The Kier molecular flexibility index (Phi) is 6.24. The van der Waals surface area contributed by atoms with Gasteiger partial charge in [-0.2, -0.15) is 0 Å². The van der Waals surface area contributed by atoms with Gasteiger partial charge in [0, 0.05) is 6.54 Å². The van der Waals surface area contributed by atoms with Gasteiger partial charge >= 0.3 is 5.97 Å². The van der Waals surface area contributed by atoms with E-state index in [0.29, 0.717) is 19.4 Å². The van der Waals surface area contributed by atoms with Gasteiger partial charge in [-0.05, 0) is 25.0 Å². The van der Waals surface area contributed by atoms with Crippen molar-refractivity contribution in [2.24, 2.45) is 16.5 Å². The summed E-state index contributed by atoms with van der Waals surface area (Å²) in [7, 11) is 0. The van der Waals surface area contributed by atoms with Gasteiger partial charge in [-0.15, -0.1) is 0 Å². The number of carboxylic acid groups (broad SMARTS) is 1. The Balaban J connectivity index is 2.37. The highest BCUT2D eigenvalue weighted by Gasteiger charge is 2.18. The Morgan fingerprint density at radius 2 is 2.20 bits per heavy atom. The van der Waals surface area contributed by atoms with E-state index in [4.69, 9.17) is 21.0 Å². The Morgan fingerprint density at radius 3 is 2.75 bits per heavy atom. The van der Waals surface area contributed by atoms with E-state index in [1.54, 1.807) is 6.07 Å². The van der Waals surface area contributed by atoms with E-state index in [1.165, 1.54) is 12.3 Å². The van der Waals surface area contributed by atoms with Crippen molar-refractivity contribution >= 4 is 17.7 Å². The summed E-state index contributed by atoms with van der Waals surface area (Å²) in [6.45, 7) is 0.243. The van der Waals surface area contributed by atoms with Crippen LogP contribution in [0.2, 0.25) is 0 Å². The van der Waals surface area contributed by atoms with Crippen molar-refractivity contribution in [3.63, 3.8) is 0 Å². The number of aliphatic imine (C=N–C) groups is 1. The minimum absolute atomic E-state index is 0.0298. The first kappa shape index (κ1) is 15.7. The maximum atomic E-state index is 11.6. The predicted octanol–water partition coefficient (Wildman–Crippen LogP) is -0.441. The van der Waals surface area contributed by atoms with Crippen molar-refractivity contribution in [3.05, 3.63) is 24.2 Å². The van der Waals surface area contributed by atoms with Crippen LogP contribution in [0.3, 0.4) is 0 Å². The van der Waals surface area contributed by atoms with Crippen LogP contribution in [0.15, 0.2) is 27.8 Å². The van der Waals surface area contributed by atoms with Gasteiger partial charge in [0.1, 0.15) is 6.04 Å². The topological polar surface area (TPSA) is 144 Å². The molecule has 8 nitrogen and oxygen atoms in total. The number of Topliss-reactive ketones (excluding diaryl/α,β-unsaturated/α-hetero) is 1. The van der Waals surface area contributed by atoms with Gasteiger partial charge in [0.2, 0.25) is 5.78 Å². The lowest BCUT2D eigenvalue weighted by Crippen LogP contribution is -2.39. The SMILES string of the molecule is NC(N)=NCCC[C@H](NCC(=O)c1ccco1)C(=O)O. The molecule has 1 heterocycles. The molecule has 0 spiro atoms. The lowest BCUT2D eigenvalue weighted by atomic mass is 10.1. The average molecular weight is 282 g/mol. The molecular weight excluding hydrogens is 264 g/mol. The molecule has 0 radical (unpaired) electrons. The second-order valence-corrected chi connectivity index (χ2v) is 4.12. The zero-order valence-corrected chi connectivity index (χ0v) is 10.9. The molecule has 20 heavy (non-hydrogen) atoms. The molecule has 0 aromatic carbocycles. The number of carbonyl (C=O) groups is 2. The summed E-state index contributed by atoms with van der Waals surface area (Å²) in [5, 5.41) is 11.7. The molecule has 1 rings (SSSR count). The second-order valence-electron chi connectivity index (χ2n) is 4.12. The Morgan fingerprint density at radius 1 is 1.45 bits per heavy atom. The molecule has 1 aromatic heterocycles. The van der Waals surface area contributed by atoms with Crippen molar-refractivity contribution in [1.82, 2.24) is 5.32 Å². The van der Waals surface area contributed by atoms with E-state index in [-0.39, 0.29) is 24.0 Å². The first-order valence-electron chi connectivity index (χ1n) is 6.09. The number of nitrogens with two attached hydrogens (primary N) is 2. The normalized spacial score (nSPS) is 11.8. The molecule has 0 aliphatic rings. The molecule has 0 bridgehead atoms. The fourth-order valence-corrected chi connectivity index (χ4v) is 1.56. The molecule has 0 unspecified atom stereocenters. The van der Waals surface area contributed by atoms with E-state index in [1.807, 2.05) is 0 Å². The fourth-order valence-electron chi connectivity index (χ4n) is 1.56. The van der Waals surface area contributed by atoms with Gasteiger partial charge < -0.3 is 21.0 Å². The molecule has 0 saturated carbocycles. The van der Waals surface area contributed by atoms with Crippen molar-refractivity contribution in [1.29, 1.82) is 0 Å². The number of guanidine groups is 1. The van der Waals surface area contributed by atoms with Crippen molar-refractivity contribution in [2.75, 3.05) is 13.1 Å². The van der Waals surface area contributed by atoms with Crippen LogP contribution >= 0.6 is 0 Å². The summed E-state index contributed by atoms with van der Waals surface area (Å²) in [4.78, 5) is 26.5. The van der Waals surface area contributed by atoms with Crippen molar-refractivity contribution in [3.8, 4) is 0 Å². The molecule has 1 atom stereocenters. The van der Waals surface area contributed by atoms with Gasteiger partial charge in [-0.25, -0.2) is 0 Å². The smallest absolute Gasteiger partial charge is 0.320 e. The summed E-state index contributed by atoms with van der Waals surface area (Å²) < 4.78 is 4.93. The highest BCUT2D eigenvalue weighted by atomic mass is 16.4. The Bertz CT molecular complexity index is 466. The van der Waals surface area contributed by atoms with Crippen LogP contribution in [0.4, 0.5) is 0 Å². The quantitative estimate of drug-likeness (QED) is 0.208. The summed E-state index contributed by atoms with van der Waals surface area (Å²) in [5.74, 6) is -1.16. The van der Waals surface area contributed by atoms with E-state index in [9.17, 15) is 9.59 Å². The van der Waals surface area contributed by atoms with Crippen LogP contribution in [-0.2, 0) is 4.79 Å². The molecule has 0 fully saturated rings. The van der Waals surface area contributed by atoms with Crippen LogP contribution in [0.25, 0.3) is 0 Å². The lowest BCUT2D eigenvalue weighted by molar-refractivity contribution is -0.139. The molecule has 0 saturated heterocycles. The number of furan rings is 1. The molecular formula is C12H18N4O4. The lowest BCUT2D eigenvalue weighted by Gasteiger charge is -2.12. The number of ketones is 1. The summed E-state index contributed by atoms with van der Waals surface area (Å²) in [5.41, 5.74) is 10.3. The first-order valence-corrected chi connectivity index (χ1v) is 6.09. The van der Waals surface area contributed by atoms with Gasteiger partial charge in [-0.1, -0.05) is 0 Å². The van der Waals surface area contributed by atoms with Gasteiger partial charge in [0.15, 0.2) is 11.7 Å². The predicted molar refractivity (Wildman–Crippen MR) is 72.4 cm³/mol. The van der Waals surface area contributed by atoms with Gasteiger partial charge in [0.05, 0.1) is 12.8 Å². The monoisotopic (exact) mass is 282 g/mol. The number of carbonyl (C=O) groups excluding carboxylic acids is 1. The van der Waals surface area contributed by atoms with Crippen molar-refractivity contribution < 1.29 is 19.1 Å². The summed E-state index contributed by atoms with van der Waals surface area (Å²) >= 11 is 0. The largest absolute Gasteiger partial charge is 0.480 e. The van der Waals surface area contributed by atoms with E-state index >= 15 is 0 Å². The van der Waals surface area contributed by atoms with Crippen LogP contribution in [-0.4, -0.2) is 41.9 Å². The van der Waals surface area contributed by atoms with Gasteiger partial charge in [-0.3, -0.25) is 19.9 Å². The van der Waals surface area contributed by atoms with Crippen LogP contribution in [0, 0.1) is 0 Å². The van der Waals surface area contributed by atoms with Gasteiger partial charge in [0.25, 0.3) is 0 Å². The third kappa shape index (κ3) is 5.53. The number of hydrogen-bond acceptors (Lipinski definition) is 5. The third-order valence-electron chi connectivity index (χ3n) is 2.55. The fraction of sp³-hybridized carbons (Fsp3) is 0.417. The standard InChI is InChI=1S/C12H18N4O4/c13-12(14)15-5-1-3-8(11(18)19)16-7-9(17)10-4-2-6-20-10/h2,4,6,8,16H,1,3,5,7H2,(H,18,19)(H4,13,14,15)/t8-/m0/s1. The Labute approximate surface area is 115 Å². The zero-order valence-electron chi connectivity index (χ0n) is 10.9. The molecule has 110 valence electrons. The minimum atomic E-state index is -1.03. The first-order chi connectivity index (χ1) is 9.50. The maximum Gasteiger partial charge on any atom is 0.320 e. The molecule has 0 aliphatic carbocycles. The second kappa shape index (κ2) is 7.95. The number of carboxylic acids is 1. The number of aliphatic carboxylic acids is 1. The van der Waals surface area contributed by atoms with Crippen LogP contribution < -0.4 is 16.8 Å². The zero-order chi connectivity index (χ0) is 15.0. The minimum Gasteiger partial charge on any atom is -0.480 e. The maximum absolute atomic E-state index is 11.6. The highest BCUT2D eigenvalue weighted by Crippen LogP contribution is 2.02. The number of nitrogens with one attached hydrogen (secondary N) is 1. The molecule has 8 heteroatoms.